The molecule has 0 N–H and O–H groups in total. The van der Waals surface area contributed by atoms with Crippen LogP contribution in [0.2, 0.25) is 0 Å². The molecule has 0 atom stereocenters. The monoisotopic (exact) mass is 409 g/mol. The second kappa shape index (κ2) is 7.37. The topological polar surface area (TPSA) is 81.6 Å². The molecule has 27 heavy (non-hydrogen) atoms. The highest BCUT2D eigenvalue weighted by molar-refractivity contribution is 7.89. The molecule has 2 fully saturated rings. The van der Waals surface area contributed by atoms with E-state index in [0.717, 1.165) is 22.9 Å². The van der Waals surface area contributed by atoms with Gasteiger partial charge in [0.05, 0.1) is 14.2 Å². The third kappa shape index (κ3) is 3.68. The summed E-state index contributed by atoms with van der Waals surface area (Å²) in [4.78, 5) is 0.148. The van der Waals surface area contributed by atoms with E-state index in [9.17, 15) is 8.42 Å². The maximum absolute atomic E-state index is 13.1. The number of piperidine rings is 1. The van der Waals surface area contributed by atoms with Crippen LogP contribution >= 0.6 is 11.3 Å². The van der Waals surface area contributed by atoms with Gasteiger partial charge >= 0.3 is 0 Å². The van der Waals surface area contributed by atoms with Crippen molar-refractivity contribution < 1.29 is 17.9 Å². The lowest BCUT2D eigenvalue weighted by molar-refractivity contribution is 0.316. The van der Waals surface area contributed by atoms with Crippen LogP contribution in [0.25, 0.3) is 0 Å². The van der Waals surface area contributed by atoms with Crippen LogP contribution in [0.1, 0.15) is 47.5 Å². The third-order valence-corrected chi connectivity index (χ3v) is 8.34. The molecule has 4 rings (SSSR count). The smallest absolute Gasteiger partial charge is 0.246 e. The molecule has 2 aromatic rings. The van der Waals surface area contributed by atoms with Gasteiger partial charge in [-0.3, -0.25) is 0 Å². The molecule has 0 spiro atoms. The maximum atomic E-state index is 13.1. The first-order valence-corrected chi connectivity index (χ1v) is 11.3. The predicted molar refractivity (Wildman–Crippen MR) is 102 cm³/mol. The summed E-state index contributed by atoms with van der Waals surface area (Å²) in [5, 5.41) is 10.9. The van der Waals surface area contributed by atoms with Crippen LogP contribution in [0.15, 0.2) is 23.1 Å². The number of hydrogen-bond donors (Lipinski definition) is 0. The van der Waals surface area contributed by atoms with Crippen molar-refractivity contribution in [1.29, 1.82) is 0 Å². The Morgan fingerprint density at radius 3 is 2.19 bits per heavy atom. The number of nitrogens with zero attached hydrogens (tertiary/aromatic N) is 3. The van der Waals surface area contributed by atoms with Crippen LogP contribution < -0.4 is 9.47 Å². The first-order valence-electron chi connectivity index (χ1n) is 9.08. The molecule has 2 heterocycles. The summed E-state index contributed by atoms with van der Waals surface area (Å²) in [5.74, 6) is 1.72. The fraction of sp³-hybridized carbons (Fsp3) is 0.556. The van der Waals surface area contributed by atoms with Gasteiger partial charge < -0.3 is 9.47 Å². The fourth-order valence-electron chi connectivity index (χ4n) is 3.37. The van der Waals surface area contributed by atoms with Crippen molar-refractivity contribution in [3.8, 4) is 11.5 Å². The second-order valence-electron chi connectivity index (χ2n) is 6.95. The standard InChI is InChI=1S/C18H23N3O4S2/c1-24-14-5-6-15(25-2)16(11-14)27(22,23)21-9-7-13(8-10-21)18-20-19-17(26-18)12-3-4-12/h5-6,11-13H,3-4,7-10H2,1-2H3. The van der Waals surface area contributed by atoms with E-state index in [4.69, 9.17) is 9.47 Å². The van der Waals surface area contributed by atoms with Gasteiger partial charge in [-0.25, -0.2) is 8.42 Å². The molecule has 1 aromatic heterocycles. The van der Waals surface area contributed by atoms with Crippen LogP contribution in [0, 0.1) is 0 Å². The van der Waals surface area contributed by atoms with E-state index in [1.807, 2.05) is 0 Å². The quantitative estimate of drug-likeness (QED) is 0.729. The van der Waals surface area contributed by atoms with Gasteiger partial charge in [-0.2, -0.15) is 4.31 Å². The molecule has 1 aliphatic heterocycles. The first kappa shape index (κ1) is 18.6. The lowest BCUT2D eigenvalue weighted by Gasteiger charge is -2.30. The van der Waals surface area contributed by atoms with Gasteiger partial charge in [0.1, 0.15) is 26.4 Å². The van der Waals surface area contributed by atoms with Crippen LogP contribution in [-0.2, 0) is 10.0 Å². The van der Waals surface area contributed by atoms with E-state index in [1.54, 1.807) is 23.5 Å². The van der Waals surface area contributed by atoms with E-state index in [2.05, 4.69) is 10.2 Å². The summed E-state index contributed by atoms with van der Waals surface area (Å²) in [6, 6.07) is 4.84. The molecular weight excluding hydrogens is 386 g/mol. The lowest BCUT2D eigenvalue weighted by Crippen LogP contribution is -2.38. The molecule has 1 aromatic carbocycles. The Morgan fingerprint density at radius 2 is 1.63 bits per heavy atom. The van der Waals surface area contributed by atoms with Crippen molar-refractivity contribution in [2.24, 2.45) is 0 Å². The Bertz CT molecular complexity index is 916. The number of aromatic nitrogens is 2. The minimum Gasteiger partial charge on any atom is -0.497 e. The minimum atomic E-state index is -3.65. The van der Waals surface area contributed by atoms with Gasteiger partial charge in [0.15, 0.2) is 0 Å². The fourth-order valence-corrected chi connectivity index (χ4v) is 6.20. The highest BCUT2D eigenvalue weighted by Gasteiger charge is 2.34. The lowest BCUT2D eigenvalue weighted by atomic mass is 9.99. The number of benzene rings is 1. The molecule has 7 nitrogen and oxygen atoms in total. The molecule has 0 radical (unpaired) electrons. The summed E-state index contributed by atoms with van der Waals surface area (Å²) in [7, 11) is -0.658. The Morgan fingerprint density at radius 1 is 1.00 bits per heavy atom. The van der Waals surface area contributed by atoms with Crippen molar-refractivity contribution in [2.75, 3.05) is 27.3 Å². The van der Waals surface area contributed by atoms with Crippen molar-refractivity contribution >= 4 is 21.4 Å². The molecule has 0 unspecified atom stereocenters. The van der Waals surface area contributed by atoms with E-state index in [-0.39, 0.29) is 10.8 Å². The molecule has 0 bridgehead atoms. The summed E-state index contributed by atoms with van der Waals surface area (Å²) in [6.45, 7) is 0.928. The van der Waals surface area contributed by atoms with Crippen molar-refractivity contribution in [2.45, 2.75) is 42.4 Å². The Balaban J connectivity index is 1.49. The Labute approximate surface area is 163 Å². The molecular formula is C18H23N3O4S2. The SMILES string of the molecule is COc1ccc(OC)c(S(=O)(=O)N2CCC(c3nnc(C4CC4)s3)CC2)c1. The summed E-state index contributed by atoms with van der Waals surface area (Å²) < 4.78 is 38.3. The van der Waals surface area contributed by atoms with Gasteiger partial charge in [-0.05, 0) is 37.8 Å². The van der Waals surface area contributed by atoms with Gasteiger partial charge in [-0.15, -0.1) is 21.5 Å². The van der Waals surface area contributed by atoms with Crippen LogP contribution in [0.3, 0.4) is 0 Å². The van der Waals surface area contributed by atoms with Crippen LogP contribution in [0.4, 0.5) is 0 Å². The van der Waals surface area contributed by atoms with E-state index in [1.165, 1.54) is 37.4 Å². The van der Waals surface area contributed by atoms with Crippen molar-refractivity contribution in [3.05, 3.63) is 28.2 Å². The Hall–Kier alpha value is -1.71. The first-order chi connectivity index (χ1) is 13.0. The molecule has 1 saturated heterocycles. The minimum absolute atomic E-state index is 0.148. The van der Waals surface area contributed by atoms with Crippen LogP contribution in [0.5, 0.6) is 11.5 Å². The maximum Gasteiger partial charge on any atom is 0.246 e. The van der Waals surface area contributed by atoms with Crippen molar-refractivity contribution in [3.63, 3.8) is 0 Å². The second-order valence-corrected chi connectivity index (χ2v) is 9.89. The Kier molecular flexibility index (Phi) is 5.09. The normalized spacial score (nSPS) is 19.2. The van der Waals surface area contributed by atoms with Gasteiger partial charge in [0.2, 0.25) is 10.0 Å². The average molecular weight is 410 g/mol. The van der Waals surface area contributed by atoms with E-state index >= 15 is 0 Å². The molecule has 0 amide bonds. The van der Waals surface area contributed by atoms with E-state index < -0.39 is 10.0 Å². The number of rotatable bonds is 6. The highest BCUT2D eigenvalue weighted by atomic mass is 32.2. The summed E-state index contributed by atoms with van der Waals surface area (Å²) >= 11 is 1.70. The average Bonchev–Trinajstić information content (AvgIpc) is 3.44. The zero-order valence-electron chi connectivity index (χ0n) is 15.4. The third-order valence-electron chi connectivity index (χ3n) is 5.17. The summed E-state index contributed by atoms with van der Waals surface area (Å²) in [5.41, 5.74) is 0. The molecule has 146 valence electrons. The number of methoxy groups -OCH3 is 2. The molecule has 1 aliphatic carbocycles. The van der Waals surface area contributed by atoms with Gasteiger partial charge in [0, 0.05) is 31.0 Å². The predicted octanol–water partition coefficient (Wildman–Crippen LogP) is 3.00. The molecule has 1 saturated carbocycles. The highest BCUT2D eigenvalue weighted by Crippen LogP contribution is 2.43. The van der Waals surface area contributed by atoms with Crippen LogP contribution in [-0.4, -0.2) is 50.2 Å². The van der Waals surface area contributed by atoms with E-state index in [0.29, 0.717) is 30.5 Å². The zero-order chi connectivity index (χ0) is 19.0. The number of ether oxygens (including phenoxy) is 2. The van der Waals surface area contributed by atoms with Crippen molar-refractivity contribution in [1.82, 2.24) is 14.5 Å². The largest absolute Gasteiger partial charge is 0.497 e. The zero-order valence-corrected chi connectivity index (χ0v) is 17.1. The number of hydrogen-bond acceptors (Lipinski definition) is 7. The summed E-state index contributed by atoms with van der Waals surface area (Å²) in [6.07, 6.45) is 3.94. The van der Waals surface area contributed by atoms with Gasteiger partial charge in [0.25, 0.3) is 0 Å². The number of sulfonamides is 1. The molecule has 2 aliphatic rings. The molecule has 9 heteroatoms. The van der Waals surface area contributed by atoms with Gasteiger partial charge in [-0.1, -0.05) is 0 Å².